The zero-order valence-electron chi connectivity index (χ0n) is 17.0. The van der Waals surface area contributed by atoms with Gasteiger partial charge >= 0.3 is 0 Å². The van der Waals surface area contributed by atoms with E-state index >= 15 is 0 Å². The second-order valence-electron chi connectivity index (χ2n) is 8.05. The van der Waals surface area contributed by atoms with Crippen molar-refractivity contribution in [2.24, 2.45) is 5.92 Å². The molecule has 1 atom stereocenters. The highest BCUT2D eigenvalue weighted by Gasteiger charge is 2.17. The predicted molar refractivity (Wildman–Crippen MR) is 116 cm³/mol. The van der Waals surface area contributed by atoms with Crippen molar-refractivity contribution in [3.8, 4) is 0 Å². The third-order valence-corrected chi connectivity index (χ3v) is 5.98. The highest BCUT2D eigenvalue weighted by Crippen LogP contribution is 2.27. The van der Waals surface area contributed by atoms with Gasteiger partial charge in [0.25, 0.3) is 5.56 Å². The first-order valence-corrected chi connectivity index (χ1v) is 10.6. The number of hydrogen-bond acceptors (Lipinski definition) is 5. The van der Waals surface area contributed by atoms with E-state index in [1.54, 1.807) is 11.3 Å². The number of nitrogens with one attached hydrogen (secondary N) is 1. The molecule has 1 unspecified atom stereocenters. The molecule has 0 amide bonds. The lowest BCUT2D eigenvalue weighted by Crippen LogP contribution is -2.33. The highest BCUT2D eigenvalue weighted by molar-refractivity contribution is 7.18. The van der Waals surface area contributed by atoms with Crippen molar-refractivity contribution < 1.29 is 5.11 Å². The van der Waals surface area contributed by atoms with E-state index < -0.39 is 6.10 Å². The largest absolute Gasteiger partial charge is 0.387 e. The molecule has 6 heteroatoms. The first kappa shape index (κ1) is 20.7. The summed E-state index contributed by atoms with van der Waals surface area (Å²) < 4.78 is 0. The van der Waals surface area contributed by atoms with Gasteiger partial charge in [-0.3, -0.25) is 9.69 Å². The summed E-state index contributed by atoms with van der Waals surface area (Å²) >= 11 is 1.59. The summed E-state index contributed by atoms with van der Waals surface area (Å²) in [5.74, 6) is 1.46. The van der Waals surface area contributed by atoms with Gasteiger partial charge in [0.05, 0.1) is 18.0 Å². The Balaban J connectivity index is 1.83. The number of benzene rings is 1. The summed E-state index contributed by atoms with van der Waals surface area (Å²) in [6.07, 6.45) is -0.579. The summed E-state index contributed by atoms with van der Waals surface area (Å²) in [5.41, 5.74) is 0.809. The number of aromatic amines is 1. The Morgan fingerprint density at radius 3 is 2.50 bits per heavy atom. The van der Waals surface area contributed by atoms with E-state index in [1.165, 1.54) is 4.88 Å². The maximum atomic E-state index is 12.5. The van der Waals surface area contributed by atoms with Crippen LogP contribution >= 0.6 is 11.3 Å². The Morgan fingerprint density at radius 2 is 1.86 bits per heavy atom. The van der Waals surface area contributed by atoms with Crippen molar-refractivity contribution >= 4 is 21.6 Å². The second kappa shape index (κ2) is 8.99. The lowest BCUT2D eigenvalue weighted by molar-refractivity contribution is 0.100. The molecular formula is C22H29N3O2S. The summed E-state index contributed by atoms with van der Waals surface area (Å²) in [6, 6.07) is 11.6. The Kier molecular flexibility index (Phi) is 6.65. The van der Waals surface area contributed by atoms with Crippen molar-refractivity contribution in [2.45, 2.75) is 46.3 Å². The Bertz CT molecular complexity index is 963. The number of aliphatic hydroxyl groups is 1. The van der Waals surface area contributed by atoms with Crippen LogP contribution < -0.4 is 5.56 Å². The fraction of sp³-hybridized carbons (Fsp3) is 0.455. The topological polar surface area (TPSA) is 69.2 Å². The Labute approximate surface area is 170 Å². The number of aromatic nitrogens is 2. The van der Waals surface area contributed by atoms with Crippen molar-refractivity contribution in [2.75, 3.05) is 13.1 Å². The predicted octanol–water partition coefficient (Wildman–Crippen LogP) is 4.30. The summed E-state index contributed by atoms with van der Waals surface area (Å²) in [7, 11) is 0. The molecule has 0 saturated heterocycles. The van der Waals surface area contributed by atoms with E-state index in [4.69, 9.17) is 4.98 Å². The van der Waals surface area contributed by atoms with Crippen molar-refractivity contribution in [3.63, 3.8) is 0 Å². The fourth-order valence-electron chi connectivity index (χ4n) is 3.31. The summed E-state index contributed by atoms with van der Waals surface area (Å²) in [4.78, 5) is 24.3. The van der Waals surface area contributed by atoms with Crippen LogP contribution in [0.25, 0.3) is 10.2 Å². The molecule has 28 heavy (non-hydrogen) atoms. The van der Waals surface area contributed by atoms with Gasteiger partial charge in [-0.1, -0.05) is 58.0 Å². The maximum absolute atomic E-state index is 12.5. The number of hydrogen-bond donors (Lipinski definition) is 2. The fourth-order valence-corrected chi connectivity index (χ4v) is 4.36. The van der Waals surface area contributed by atoms with Crippen molar-refractivity contribution in [1.82, 2.24) is 14.9 Å². The van der Waals surface area contributed by atoms with Gasteiger partial charge in [-0.05, 0) is 23.5 Å². The number of nitrogens with zero attached hydrogens (tertiary/aromatic N) is 2. The van der Waals surface area contributed by atoms with E-state index in [0.29, 0.717) is 36.1 Å². The standard InChI is InChI=1S/C22H29N3O2S/c1-14(2)11-25(12-18(26)16-8-6-5-7-9-16)13-20-23-21(27)17-10-19(15(3)4)28-22(17)24-20/h5-10,14-15,18,26H,11-13H2,1-4H3,(H,23,24,27). The molecular weight excluding hydrogens is 370 g/mol. The van der Waals surface area contributed by atoms with Gasteiger partial charge in [-0.25, -0.2) is 4.98 Å². The zero-order chi connectivity index (χ0) is 20.3. The molecule has 0 aliphatic carbocycles. The number of aliphatic hydroxyl groups excluding tert-OH is 1. The molecule has 0 spiro atoms. The molecule has 3 aromatic rings. The molecule has 0 aliphatic rings. The average Bonchev–Trinajstić information content (AvgIpc) is 3.07. The van der Waals surface area contributed by atoms with Gasteiger partial charge in [0.1, 0.15) is 10.7 Å². The third kappa shape index (κ3) is 5.07. The van der Waals surface area contributed by atoms with Crippen LogP contribution in [0.4, 0.5) is 0 Å². The minimum Gasteiger partial charge on any atom is -0.387 e. The number of fused-ring (bicyclic) bond motifs is 1. The van der Waals surface area contributed by atoms with Crippen LogP contribution in [0.1, 0.15) is 56.0 Å². The Hall–Kier alpha value is -2.02. The van der Waals surface area contributed by atoms with E-state index in [9.17, 15) is 9.90 Å². The van der Waals surface area contributed by atoms with Crippen LogP contribution in [0.3, 0.4) is 0 Å². The third-order valence-electron chi connectivity index (χ3n) is 4.65. The van der Waals surface area contributed by atoms with Crippen LogP contribution in [-0.2, 0) is 6.54 Å². The minimum absolute atomic E-state index is 0.0868. The quantitative estimate of drug-likeness (QED) is 0.592. The molecule has 2 N–H and O–H groups in total. The smallest absolute Gasteiger partial charge is 0.259 e. The van der Waals surface area contributed by atoms with Crippen LogP contribution in [-0.4, -0.2) is 33.1 Å². The monoisotopic (exact) mass is 399 g/mol. The molecule has 0 saturated carbocycles. The summed E-state index contributed by atoms with van der Waals surface area (Å²) in [6.45, 7) is 10.3. The van der Waals surface area contributed by atoms with E-state index in [2.05, 4.69) is 37.6 Å². The van der Waals surface area contributed by atoms with Gasteiger partial charge in [0.2, 0.25) is 0 Å². The SMILES string of the molecule is CC(C)CN(Cc1nc2sc(C(C)C)cc2c(=O)[nH]1)CC(O)c1ccccc1. The zero-order valence-corrected chi connectivity index (χ0v) is 17.8. The summed E-state index contributed by atoms with van der Waals surface area (Å²) in [5, 5.41) is 11.3. The molecule has 0 fully saturated rings. The van der Waals surface area contributed by atoms with E-state index in [0.717, 1.165) is 16.9 Å². The van der Waals surface area contributed by atoms with Gasteiger partial charge in [-0.2, -0.15) is 0 Å². The van der Waals surface area contributed by atoms with Crippen LogP contribution in [0.5, 0.6) is 0 Å². The van der Waals surface area contributed by atoms with Crippen LogP contribution in [0.15, 0.2) is 41.2 Å². The van der Waals surface area contributed by atoms with Gasteiger partial charge in [0.15, 0.2) is 0 Å². The van der Waals surface area contributed by atoms with Crippen molar-refractivity contribution in [3.05, 3.63) is 63.0 Å². The molecule has 1 aromatic carbocycles. The van der Waals surface area contributed by atoms with E-state index in [-0.39, 0.29) is 5.56 Å². The Morgan fingerprint density at radius 1 is 1.14 bits per heavy atom. The normalized spacial score (nSPS) is 13.1. The molecule has 0 bridgehead atoms. The second-order valence-corrected chi connectivity index (χ2v) is 9.11. The molecule has 5 nitrogen and oxygen atoms in total. The van der Waals surface area contributed by atoms with E-state index in [1.807, 2.05) is 36.4 Å². The lowest BCUT2D eigenvalue weighted by atomic mass is 10.1. The number of rotatable bonds is 8. The number of H-pyrrole nitrogens is 1. The van der Waals surface area contributed by atoms with Gasteiger partial charge in [-0.15, -0.1) is 11.3 Å². The molecule has 0 aliphatic heterocycles. The van der Waals surface area contributed by atoms with Gasteiger partial charge < -0.3 is 10.1 Å². The molecule has 0 radical (unpaired) electrons. The molecule has 3 rings (SSSR count). The van der Waals surface area contributed by atoms with Crippen LogP contribution in [0, 0.1) is 5.92 Å². The molecule has 2 heterocycles. The van der Waals surface area contributed by atoms with Crippen LogP contribution in [0.2, 0.25) is 0 Å². The maximum Gasteiger partial charge on any atom is 0.259 e. The minimum atomic E-state index is -0.579. The highest BCUT2D eigenvalue weighted by atomic mass is 32.1. The first-order chi connectivity index (χ1) is 13.3. The number of thiophene rings is 1. The first-order valence-electron chi connectivity index (χ1n) is 9.81. The molecule has 2 aromatic heterocycles. The van der Waals surface area contributed by atoms with Gasteiger partial charge in [0, 0.05) is 18.0 Å². The average molecular weight is 400 g/mol. The van der Waals surface area contributed by atoms with Crippen molar-refractivity contribution in [1.29, 1.82) is 0 Å². The lowest BCUT2D eigenvalue weighted by Gasteiger charge is -2.26. The molecule has 150 valence electrons.